The van der Waals surface area contributed by atoms with Crippen LogP contribution in [0.2, 0.25) is 20.1 Å². The number of ether oxygens (including phenoxy) is 3. The second kappa shape index (κ2) is 27.9. The minimum Gasteiger partial charge on any atom is -0.487 e. The third-order valence-corrected chi connectivity index (χ3v) is 11.6. The van der Waals surface area contributed by atoms with Gasteiger partial charge < -0.3 is 50.8 Å². The van der Waals surface area contributed by atoms with Gasteiger partial charge >= 0.3 is 17.9 Å². The number of anilines is 3. The molecule has 6 aromatic rings. The summed E-state index contributed by atoms with van der Waals surface area (Å²) in [5, 5.41) is 38.6. The zero-order valence-electron chi connectivity index (χ0n) is 37.1. The minimum atomic E-state index is -1.14. The highest BCUT2D eigenvalue weighted by molar-refractivity contribution is 9.11. The summed E-state index contributed by atoms with van der Waals surface area (Å²) in [5.74, 6) is -2.26. The lowest BCUT2D eigenvalue weighted by molar-refractivity contribution is -0.137. The van der Waals surface area contributed by atoms with Gasteiger partial charge in [-0.25, -0.2) is 0 Å². The number of carbonyl (C=O) groups excluding carboxylic acids is 1. The highest BCUT2D eigenvalue weighted by Gasteiger charge is 2.16. The van der Waals surface area contributed by atoms with E-state index in [0.29, 0.717) is 45.9 Å². The van der Waals surface area contributed by atoms with E-state index in [9.17, 15) is 19.2 Å². The van der Waals surface area contributed by atoms with Crippen molar-refractivity contribution in [2.45, 2.75) is 32.7 Å². The number of halogens is 6. The standard InChI is InChI=1S/C17H16Cl2N2O4.C16H15Br2NO3.C16H15Cl2NO3/c1-20-12-4-2-3-10(5-12)9-25-16-13(18)6-11(7-14(16)19)17(24)21-8-15(22)23;2*1-19-12-4-2-3-10(5-12)9-22-16-13(17)6-11(7-14(16)18)8-15(20)21/h2-7,20H,8-9H2,1H3,(H,21,24)(H,22,23);2*2-7,19H,8-9H2,1H3,(H,20,21). The number of carboxylic acids is 3. The Morgan fingerprint density at radius 3 is 1.17 bits per heavy atom. The molecule has 0 bridgehead atoms. The summed E-state index contributed by atoms with van der Waals surface area (Å²) >= 11 is 31.4. The maximum Gasteiger partial charge on any atom is 0.322 e. The molecule has 0 spiro atoms. The molecule has 1 amide bonds. The van der Waals surface area contributed by atoms with E-state index in [1.54, 1.807) is 24.3 Å². The summed E-state index contributed by atoms with van der Waals surface area (Å²) < 4.78 is 18.6. The molecule has 0 aliphatic carbocycles. The molecular weight excluding hydrogens is 1110 g/mol. The summed E-state index contributed by atoms with van der Waals surface area (Å²) in [7, 11) is 5.53. The summed E-state index contributed by atoms with van der Waals surface area (Å²) in [6.07, 6.45) is -0.161. The van der Waals surface area contributed by atoms with Crippen LogP contribution in [0.15, 0.2) is 118 Å². The van der Waals surface area contributed by atoms with Crippen LogP contribution >= 0.6 is 78.3 Å². The largest absolute Gasteiger partial charge is 0.487 e. The molecule has 0 aliphatic heterocycles. The first-order chi connectivity index (χ1) is 32.9. The number of aliphatic carboxylic acids is 3. The second-order valence-electron chi connectivity index (χ2n) is 14.5. The van der Waals surface area contributed by atoms with Crippen molar-refractivity contribution in [3.63, 3.8) is 0 Å². The van der Waals surface area contributed by atoms with E-state index in [0.717, 1.165) is 42.7 Å². The van der Waals surface area contributed by atoms with Crippen molar-refractivity contribution < 1.29 is 48.7 Å². The fourth-order valence-electron chi connectivity index (χ4n) is 6.06. The molecule has 69 heavy (non-hydrogen) atoms. The Hall–Kier alpha value is -5.88. The molecule has 0 aromatic heterocycles. The van der Waals surface area contributed by atoms with E-state index in [1.165, 1.54) is 12.1 Å². The lowest BCUT2D eigenvalue weighted by atomic mass is 10.1. The highest BCUT2D eigenvalue weighted by Crippen LogP contribution is 2.37. The van der Waals surface area contributed by atoms with Crippen molar-refractivity contribution in [1.29, 1.82) is 0 Å². The Morgan fingerprint density at radius 2 is 0.826 bits per heavy atom. The predicted molar refractivity (Wildman–Crippen MR) is 278 cm³/mol. The van der Waals surface area contributed by atoms with Crippen molar-refractivity contribution in [3.8, 4) is 17.2 Å². The smallest absolute Gasteiger partial charge is 0.322 e. The number of nitrogens with one attached hydrogen (secondary N) is 4. The summed E-state index contributed by atoms with van der Waals surface area (Å²) in [6, 6.07) is 32.7. The van der Waals surface area contributed by atoms with E-state index < -0.39 is 30.4 Å². The van der Waals surface area contributed by atoms with E-state index in [2.05, 4.69) is 53.1 Å². The van der Waals surface area contributed by atoms with E-state index in [-0.39, 0.29) is 40.8 Å². The monoisotopic (exact) mass is 1150 g/mol. The fourth-order valence-corrected chi connectivity index (χ4v) is 8.80. The normalized spacial score (nSPS) is 10.3. The van der Waals surface area contributed by atoms with E-state index in [4.69, 9.17) is 75.9 Å². The molecule has 0 aliphatic rings. The molecular formula is C49H46Br2Cl4N4O10. The van der Waals surface area contributed by atoms with E-state index >= 15 is 0 Å². The van der Waals surface area contributed by atoms with Crippen LogP contribution in [0.25, 0.3) is 0 Å². The summed E-state index contributed by atoms with van der Waals surface area (Å²) in [6.45, 7) is 0.492. The van der Waals surface area contributed by atoms with Gasteiger partial charge in [0.1, 0.15) is 32.1 Å². The van der Waals surface area contributed by atoms with Gasteiger partial charge in [-0.15, -0.1) is 0 Å². The molecule has 14 nitrogen and oxygen atoms in total. The predicted octanol–water partition coefficient (Wildman–Crippen LogP) is 12.1. The fraction of sp³-hybridized carbons (Fsp3) is 0.184. The maximum absolute atomic E-state index is 11.9. The van der Waals surface area contributed by atoms with Crippen molar-refractivity contribution in [2.24, 2.45) is 0 Å². The van der Waals surface area contributed by atoms with Crippen LogP contribution in [-0.2, 0) is 47.0 Å². The molecule has 0 atom stereocenters. The number of hydrogen-bond acceptors (Lipinski definition) is 10. The van der Waals surface area contributed by atoms with Crippen molar-refractivity contribution in [1.82, 2.24) is 5.32 Å². The molecule has 0 saturated heterocycles. The van der Waals surface area contributed by atoms with Crippen molar-refractivity contribution in [3.05, 3.63) is 172 Å². The van der Waals surface area contributed by atoms with Gasteiger partial charge in [-0.1, -0.05) is 82.8 Å². The van der Waals surface area contributed by atoms with Crippen LogP contribution in [0, 0.1) is 0 Å². The number of amides is 1. The zero-order valence-corrected chi connectivity index (χ0v) is 43.3. The second-order valence-corrected chi connectivity index (χ2v) is 17.8. The SMILES string of the molecule is CNc1cccc(COc2c(Br)cc(CC(=O)O)cc2Br)c1.CNc1cccc(COc2c(Cl)cc(C(=O)NCC(=O)O)cc2Cl)c1.CNc1cccc(COc2c(Cl)cc(CC(=O)O)cc2Cl)c1. The molecule has 6 rings (SSSR count). The minimum absolute atomic E-state index is 0.0261. The molecule has 0 radical (unpaired) electrons. The van der Waals surface area contributed by atoms with Gasteiger partial charge in [0.25, 0.3) is 5.91 Å². The lowest BCUT2D eigenvalue weighted by Crippen LogP contribution is -2.29. The van der Waals surface area contributed by atoms with Gasteiger partial charge in [-0.2, -0.15) is 0 Å². The van der Waals surface area contributed by atoms with Crippen LogP contribution in [0.1, 0.15) is 38.2 Å². The Morgan fingerprint density at radius 1 is 0.478 bits per heavy atom. The molecule has 7 N–H and O–H groups in total. The van der Waals surface area contributed by atoms with Crippen LogP contribution in [0.3, 0.4) is 0 Å². The van der Waals surface area contributed by atoms with Crippen LogP contribution in [-0.4, -0.2) is 66.8 Å². The summed E-state index contributed by atoms with van der Waals surface area (Å²) in [5.41, 5.74) is 7.27. The van der Waals surface area contributed by atoms with Crippen LogP contribution in [0.4, 0.5) is 17.1 Å². The maximum atomic E-state index is 11.9. The van der Waals surface area contributed by atoms with E-state index in [1.807, 2.05) is 93.9 Å². The number of carboxylic acid groups (broad SMARTS) is 3. The van der Waals surface area contributed by atoms with Crippen molar-refractivity contribution in [2.75, 3.05) is 43.6 Å². The zero-order chi connectivity index (χ0) is 50.6. The molecule has 20 heteroatoms. The van der Waals surface area contributed by atoms with Gasteiger partial charge in [0.05, 0.1) is 41.9 Å². The van der Waals surface area contributed by atoms with Gasteiger partial charge in [-0.05, 0) is 132 Å². The number of benzene rings is 6. The average Bonchev–Trinajstić information content (AvgIpc) is 3.30. The lowest BCUT2D eigenvalue weighted by Gasteiger charge is -2.12. The molecule has 0 heterocycles. The number of carbonyl (C=O) groups is 4. The molecule has 6 aromatic carbocycles. The Bertz CT molecular complexity index is 2580. The molecule has 0 fully saturated rings. The average molecular weight is 1150 g/mol. The first-order valence-electron chi connectivity index (χ1n) is 20.5. The quantitative estimate of drug-likeness (QED) is 0.0404. The summed E-state index contributed by atoms with van der Waals surface area (Å²) in [4.78, 5) is 43.9. The molecule has 364 valence electrons. The van der Waals surface area contributed by atoms with Gasteiger partial charge in [0.15, 0.2) is 11.5 Å². The van der Waals surface area contributed by atoms with Crippen LogP contribution < -0.4 is 35.5 Å². The Labute approximate surface area is 435 Å². The molecule has 0 unspecified atom stereocenters. The van der Waals surface area contributed by atoms with Gasteiger partial charge in [0, 0.05) is 43.8 Å². The molecule has 0 saturated carbocycles. The Balaban J connectivity index is 0.000000226. The van der Waals surface area contributed by atoms with Crippen molar-refractivity contribution >= 4 is 119 Å². The van der Waals surface area contributed by atoms with Gasteiger partial charge in [-0.3, -0.25) is 19.2 Å². The third-order valence-electron chi connectivity index (χ3n) is 9.28. The first kappa shape index (κ1) is 55.7. The van der Waals surface area contributed by atoms with Gasteiger partial charge in [0.2, 0.25) is 0 Å². The topological polar surface area (TPSA) is 205 Å². The number of rotatable bonds is 19. The third kappa shape index (κ3) is 18.5. The first-order valence-corrected chi connectivity index (χ1v) is 23.6. The van der Waals surface area contributed by atoms with Crippen LogP contribution in [0.5, 0.6) is 17.2 Å². The highest BCUT2D eigenvalue weighted by atomic mass is 79.9. The Kier molecular flexibility index (Phi) is 22.6. The number of hydrogen-bond donors (Lipinski definition) is 7.